The van der Waals surface area contributed by atoms with E-state index in [2.05, 4.69) is 23.5 Å². The highest BCUT2D eigenvalue weighted by atomic mass is 32.2. The monoisotopic (exact) mass is 560 g/mol. The van der Waals surface area contributed by atoms with Gasteiger partial charge in [-0.05, 0) is 43.3 Å². The summed E-state index contributed by atoms with van der Waals surface area (Å²) in [4.78, 5) is 27.8. The minimum Gasteiger partial charge on any atom is -0.493 e. The third-order valence-electron chi connectivity index (χ3n) is 4.68. The number of imide groups is 1. The number of benzene rings is 1. The molecule has 210 valence electrons. The highest BCUT2D eigenvalue weighted by molar-refractivity contribution is 8.15. The van der Waals surface area contributed by atoms with Crippen molar-refractivity contribution in [3.63, 3.8) is 0 Å². The van der Waals surface area contributed by atoms with Crippen LogP contribution >= 0.6 is 23.1 Å². The fraction of sp³-hybridized carbons (Fsp3) is 0.433. The lowest BCUT2D eigenvalue weighted by Gasteiger charge is -2.11. The second-order valence-corrected chi connectivity index (χ2v) is 9.18. The van der Waals surface area contributed by atoms with Crippen LogP contribution in [0, 0.1) is 6.92 Å². The number of thioether (sulfide) groups is 1. The van der Waals surface area contributed by atoms with Crippen LogP contribution in [0.3, 0.4) is 0 Å². The van der Waals surface area contributed by atoms with Gasteiger partial charge in [0, 0.05) is 22.9 Å². The molecule has 1 aliphatic heterocycles. The summed E-state index contributed by atoms with van der Waals surface area (Å²) in [5.74, 6) is 2.06. The van der Waals surface area contributed by atoms with Gasteiger partial charge in [-0.3, -0.25) is 14.9 Å². The number of carbonyl (C=O) groups excluding carboxylic acids is 2. The van der Waals surface area contributed by atoms with Gasteiger partial charge < -0.3 is 9.15 Å². The number of nitrogens with one attached hydrogen (secondary N) is 1. The number of hydrogen-bond donors (Lipinski definition) is 1. The number of allylic oxidation sites excluding steroid dienone is 2. The van der Waals surface area contributed by atoms with Gasteiger partial charge in [0.1, 0.15) is 11.5 Å². The summed E-state index contributed by atoms with van der Waals surface area (Å²) in [7, 11) is 0. The van der Waals surface area contributed by atoms with E-state index in [0.717, 1.165) is 44.6 Å². The van der Waals surface area contributed by atoms with Crippen molar-refractivity contribution in [3.05, 3.63) is 71.8 Å². The molecule has 4 rings (SSSR count). The lowest BCUT2D eigenvalue weighted by Crippen LogP contribution is -2.25. The van der Waals surface area contributed by atoms with E-state index in [0.29, 0.717) is 31.8 Å². The first-order valence-corrected chi connectivity index (χ1v) is 15.0. The lowest BCUT2D eigenvalue weighted by atomic mass is 10.1. The molecule has 6 nitrogen and oxygen atoms in total. The normalized spacial score (nSPS) is 13.3. The van der Waals surface area contributed by atoms with E-state index in [9.17, 15) is 9.59 Å². The van der Waals surface area contributed by atoms with E-state index in [1.807, 2.05) is 79.0 Å². The molecule has 0 radical (unpaired) electrons. The Labute approximate surface area is 237 Å². The molecule has 0 aliphatic carbocycles. The Bertz CT molecular complexity index is 1130. The van der Waals surface area contributed by atoms with Crippen molar-refractivity contribution in [1.82, 2.24) is 10.3 Å². The fourth-order valence-electron chi connectivity index (χ4n) is 3.30. The second kappa shape index (κ2) is 20.2. The molecule has 2 aromatic heterocycles. The number of oxazole rings is 1. The Morgan fingerprint density at radius 3 is 2.34 bits per heavy atom. The van der Waals surface area contributed by atoms with Gasteiger partial charge in [-0.25, -0.2) is 4.98 Å². The smallest absolute Gasteiger partial charge is 0.286 e. The number of aromatic nitrogens is 1. The Balaban J connectivity index is 0.00000137. The van der Waals surface area contributed by atoms with Crippen LogP contribution in [0.25, 0.3) is 10.1 Å². The van der Waals surface area contributed by atoms with Crippen molar-refractivity contribution in [2.75, 3.05) is 6.61 Å². The van der Waals surface area contributed by atoms with Crippen molar-refractivity contribution in [3.8, 4) is 5.75 Å². The van der Waals surface area contributed by atoms with Crippen molar-refractivity contribution < 1.29 is 18.7 Å². The van der Waals surface area contributed by atoms with Gasteiger partial charge >= 0.3 is 0 Å². The molecule has 1 fully saturated rings. The van der Waals surface area contributed by atoms with Gasteiger partial charge in [-0.15, -0.1) is 24.5 Å². The largest absolute Gasteiger partial charge is 0.493 e. The number of aryl methyl sites for hydroxylation is 1. The minimum atomic E-state index is -0.375. The molecule has 1 atom stereocenters. The third-order valence-corrected chi connectivity index (χ3v) is 6.65. The lowest BCUT2D eigenvalue weighted by molar-refractivity contribution is -0.118. The number of thiophene rings is 1. The Hall–Kier alpha value is -2.84. The number of carbonyl (C=O) groups is 2. The van der Waals surface area contributed by atoms with E-state index in [4.69, 9.17) is 9.15 Å². The molecule has 1 aliphatic rings. The fourth-order valence-corrected chi connectivity index (χ4v) is 5.08. The van der Waals surface area contributed by atoms with Crippen molar-refractivity contribution in [1.29, 1.82) is 0 Å². The average Bonchev–Trinajstić information content (AvgIpc) is 3.64. The van der Waals surface area contributed by atoms with Crippen LogP contribution in [0.2, 0.25) is 0 Å². The number of fused-ring (bicyclic) bond motifs is 1. The Morgan fingerprint density at radius 2 is 1.76 bits per heavy atom. The zero-order valence-corrected chi connectivity index (χ0v) is 25.8. The third kappa shape index (κ3) is 10.5. The highest BCUT2D eigenvalue weighted by Crippen LogP contribution is 2.35. The maximum atomic E-state index is 11.9. The maximum Gasteiger partial charge on any atom is 0.286 e. The Kier molecular flexibility index (Phi) is 18.7. The summed E-state index contributed by atoms with van der Waals surface area (Å²) >= 11 is 2.67. The number of hydrogen-bond acceptors (Lipinski definition) is 7. The molecule has 1 unspecified atom stereocenters. The van der Waals surface area contributed by atoms with E-state index in [1.54, 1.807) is 23.5 Å². The average molecular weight is 561 g/mol. The molecule has 1 aromatic carbocycles. The zero-order valence-electron chi connectivity index (χ0n) is 24.2. The van der Waals surface area contributed by atoms with E-state index < -0.39 is 0 Å². The topological polar surface area (TPSA) is 81.4 Å². The molecular weight excluding hydrogens is 516 g/mol. The van der Waals surface area contributed by atoms with Crippen LogP contribution in [0.15, 0.2) is 53.3 Å². The second-order valence-electron chi connectivity index (χ2n) is 7.08. The summed E-state index contributed by atoms with van der Waals surface area (Å²) in [6, 6.07) is 5.94. The summed E-state index contributed by atoms with van der Waals surface area (Å²) in [6.45, 7) is 23.3. The molecule has 0 saturated carbocycles. The highest BCUT2D eigenvalue weighted by Gasteiger charge is 2.32. The van der Waals surface area contributed by atoms with Gasteiger partial charge in [-0.2, -0.15) is 0 Å². The summed E-state index contributed by atoms with van der Waals surface area (Å²) in [5, 5.41) is 4.72. The first kappa shape index (κ1) is 35.2. The predicted octanol–water partition coefficient (Wildman–Crippen LogP) is 8.71. The minimum absolute atomic E-state index is 0.219. The van der Waals surface area contributed by atoms with Crippen LogP contribution in [-0.4, -0.2) is 28.0 Å². The van der Waals surface area contributed by atoms with Crippen LogP contribution in [0.1, 0.15) is 71.4 Å². The molecule has 38 heavy (non-hydrogen) atoms. The van der Waals surface area contributed by atoms with Crippen LogP contribution in [0.4, 0.5) is 4.79 Å². The number of ether oxygens (including phenoxy) is 1. The van der Waals surface area contributed by atoms with E-state index in [-0.39, 0.29) is 16.4 Å². The standard InChI is InChI=1S/C21H20N2O4S2.C3H6.3C2H6/c1-3-4-18-22-15(12(2)27-18)7-9-26-16-6-5-13(19-14(16)8-10-28-19)11-17-20(24)23-21(25)29-17;1-3-2;3*1-2/h3,5-6,8,10,17H,1,4,7,9,11H2,2H3,(H,23,24,25);3H,1H2,2H3;3*1-2H3. The molecular formula is C30H44N2O4S2. The van der Waals surface area contributed by atoms with Gasteiger partial charge in [0.25, 0.3) is 5.24 Å². The van der Waals surface area contributed by atoms with Crippen LogP contribution in [0.5, 0.6) is 5.75 Å². The van der Waals surface area contributed by atoms with Crippen molar-refractivity contribution in [2.24, 2.45) is 0 Å². The molecule has 0 spiro atoms. The number of nitrogens with zero attached hydrogens (tertiary/aromatic N) is 1. The van der Waals surface area contributed by atoms with Crippen LogP contribution < -0.4 is 10.1 Å². The maximum absolute atomic E-state index is 11.9. The van der Waals surface area contributed by atoms with Crippen molar-refractivity contribution >= 4 is 44.3 Å². The van der Waals surface area contributed by atoms with Crippen LogP contribution in [-0.2, 0) is 24.1 Å². The molecule has 1 N–H and O–H groups in total. The van der Waals surface area contributed by atoms with Gasteiger partial charge in [0.15, 0.2) is 5.89 Å². The predicted molar refractivity (Wildman–Crippen MR) is 165 cm³/mol. The first-order valence-electron chi connectivity index (χ1n) is 13.2. The van der Waals surface area contributed by atoms with E-state index >= 15 is 0 Å². The molecule has 0 bridgehead atoms. The van der Waals surface area contributed by atoms with Gasteiger partial charge in [-0.1, -0.05) is 71.5 Å². The SMILES string of the molecule is C=CC.C=CCc1nc(CCOc2ccc(CC3SC(=O)NC3=O)c3sccc23)c(C)o1.CC.CC.CC. The molecule has 2 amide bonds. The first-order chi connectivity index (χ1) is 18.5. The summed E-state index contributed by atoms with van der Waals surface area (Å²) in [5.41, 5.74) is 1.94. The van der Waals surface area contributed by atoms with Crippen molar-refractivity contribution in [2.45, 2.75) is 79.9 Å². The number of rotatable bonds is 8. The van der Waals surface area contributed by atoms with Gasteiger partial charge in [0.2, 0.25) is 5.91 Å². The molecule has 8 heteroatoms. The molecule has 3 aromatic rings. The summed E-state index contributed by atoms with van der Waals surface area (Å²) in [6.07, 6.45) is 5.30. The quantitative estimate of drug-likeness (QED) is 0.277. The Morgan fingerprint density at radius 1 is 1.11 bits per heavy atom. The molecule has 1 saturated heterocycles. The van der Waals surface area contributed by atoms with Gasteiger partial charge in [0.05, 0.1) is 17.6 Å². The number of amides is 2. The summed E-state index contributed by atoms with van der Waals surface area (Å²) < 4.78 is 12.7. The van der Waals surface area contributed by atoms with E-state index in [1.165, 1.54) is 0 Å². The zero-order chi connectivity index (χ0) is 29.1. The molecule has 3 heterocycles.